The second-order valence-corrected chi connectivity index (χ2v) is 5.94. The van der Waals surface area contributed by atoms with Gasteiger partial charge in [-0.1, -0.05) is 18.2 Å². The van der Waals surface area contributed by atoms with Gasteiger partial charge in [-0.3, -0.25) is 4.79 Å². The minimum atomic E-state index is -0.333. The number of benzene rings is 2. The van der Waals surface area contributed by atoms with E-state index < -0.39 is 0 Å². The molecule has 0 unspecified atom stereocenters. The maximum atomic E-state index is 11.3. The highest BCUT2D eigenvalue weighted by atomic mass is 16.5. The maximum Gasteiger partial charge on any atom is 0.302 e. The molecule has 1 heterocycles. The molecule has 0 N–H and O–H groups in total. The molecule has 3 rings (SSSR count). The summed E-state index contributed by atoms with van der Waals surface area (Å²) in [6, 6.07) is 11.3. The van der Waals surface area contributed by atoms with E-state index in [-0.39, 0.29) is 24.6 Å². The SMILES string of the molecule is COc1ccc([C@@H]2Oc3c(OC)cccc3[C@@H]2COC(C)=O)cc1OC. The number of methoxy groups -OCH3 is 3. The van der Waals surface area contributed by atoms with E-state index >= 15 is 0 Å². The Labute approximate surface area is 152 Å². The van der Waals surface area contributed by atoms with E-state index in [1.54, 1.807) is 21.3 Å². The lowest BCUT2D eigenvalue weighted by Gasteiger charge is -2.20. The van der Waals surface area contributed by atoms with Crippen molar-refractivity contribution in [2.24, 2.45) is 0 Å². The van der Waals surface area contributed by atoms with E-state index in [4.69, 9.17) is 23.7 Å². The van der Waals surface area contributed by atoms with Crippen molar-refractivity contribution < 1.29 is 28.5 Å². The molecule has 0 radical (unpaired) electrons. The van der Waals surface area contributed by atoms with Gasteiger partial charge in [0.25, 0.3) is 0 Å². The van der Waals surface area contributed by atoms with Crippen LogP contribution in [0.2, 0.25) is 0 Å². The fraction of sp³-hybridized carbons (Fsp3) is 0.350. The van der Waals surface area contributed by atoms with Crippen LogP contribution in [-0.2, 0) is 9.53 Å². The molecule has 0 aromatic heterocycles. The van der Waals surface area contributed by atoms with Gasteiger partial charge in [0.2, 0.25) is 0 Å². The number of fused-ring (bicyclic) bond motifs is 1. The van der Waals surface area contributed by atoms with Gasteiger partial charge >= 0.3 is 5.97 Å². The largest absolute Gasteiger partial charge is 0.493 e. The molecular weight excluding hydrogens is 336 g/mol. The fourth-order valence-corrected chi connectivity index (χ4v) is 3.20. The first kappa shape index (κ1) is 17.9. The van der Waals surface area contributed by atoms with Crippen LogP contribution in [0.1, 0.15) is 30.1 Å². The maximum absolute atomic E-state index is 11.3. The van der Waals surface area contributed by atoms with Gasteiger partial charge in [-0.05, 0) is 23.8 Å². The lowest BCUT2D eigenvalue weighted by molar-refractivity contribution is -0.141. The summed E-state index contributed by atoms with van der Waals surface area (Å²) < 4.78 is 27.6. The summed E-state index contributed by atoms with van der Waals surface area (Å²) in [4.78, 5) is 11.3. The molecule has 0 saturated heterocycles. The van der Waals surface area contributed by atoms with Crippen LogP contribution in [-0.4, -0.2) is 33.9 Å². The lowest BCUT2D eigenvalue weighted by Crippen LogP contribution is -2.17. The Kier molecular flexibility index (Phi) is 5.21. The lowest BCUT2D eigenvalue weighted by atomic mass is 9.91. The summed E-state index contributed by atoms with van der Waals surface area (Å²) in [7, 11) is 4.78. The monoisotopic (exact) mass is 358 g/mol. The predicted octanol–water partition coefficient (Wildman–Crippen LogP) is 3.49. The summed E-state index contributed by atoms with van der Waals surface area (Å²) in [5.74, 6) is 2.10. The number of carbonyl (C=O) groups excluding carboxylic acids is 1. The second-order valence-electron chi connectivity index (χ2n) is 5.94. The normalized spacial score (nSPS) is 17.8. The first-order valence-corrected chi connectivity index (χ1v) is 8.27. The minimum Gasteiger partial charge on any atom is -0.493 e. The van der Waals surface area contributed by atoms with Gasteiger partial charge in [0.15, 0.2) is 23.0 Å². The van der Waals surface area contributed by atoms with E-state index in [0.29, 0.717) is 23.0 Å². The Morgan fingerprint density at radius 3 is 2.38 bits per heavy atom. The van der Waals surface area contributed by atoms with Crippen molar-refractivity contribution in [1.82, 2.24) is 0 Å². The molecule has 0 aliphatic carbocycles. The van der Waals surface area contributed by atoms with E-state index in [9.17, 15) is 4.79 Å². The third-order valence-corrected chi connectivity index (χ3v) is 4.44. The van der Waals surface area contributed by atoms with Crippen LogP contribution in [0, 0.1) is 0 Å². The quantitative estimate of drug-likeness (QED) is 0.737. The Morgan fingerprint density at radius 2 is 1.73 bits per heavy atom. The van der Waals surface area contributed by atoms with Crippen molar-refractivity contribution in [3.05, 3.63) is 47.5 Å². The molecule has 1 aliphatic heterocycles. The summed E-state index contributed by atoms with van der Waals surface area (Å²) in [5, 5.41) is 0. The van der Waals surface area contributed by atoms with Crippen molar-refractivity contribution in [3.63, 3.8) is 0 Å². The summed E-state index contributed by atoms with van der Waals surface area (Å²) in [6.45, 7) is 1.61. The molecule has 0 saturated carbocycles. The highest BCUT2D eigenvalue weighted by molar-refractivity contribution is 5.66. The van der Waals surface area contributed by atoms with Gasteiger partial charge in [0, 0.05) is 12.5 Å². The third-order valence-electron chi connectivity index (χ3n) is 4.44. The van der Waals surface area contributed by atoms with Gasteiger partial charge in [0.05, 0.1) is 27.2 Å². The summed E-state index contributed by atoms with van der Waals surface area (Å²) in [5.41, 5.74) is 1.85. The first-order chi connectivity index (χ1) is 12.6. The van der Waals surface area contributed by atoms with E-state index in [1.165, 1.54) is 6.92 Å². The smallest absolute Gasteiger partial charge is 0.302 e. The Balaban J connectivity index is 2.01. The number of esters is 1. The van der Waals surface area contributed by atoms with Gasteiger partial charge in [-0.25, -0.2) is 0 Å². The molecule has 0 bridgehead atoms. The summed E-state index contributed by atoms with van der Waals surface area (Å²) in [6.07, 6.45) is -0.333. The zero-order valence-corrected chi connectivity index (χ0v) is 15.3. The molecule has 2 aromatic carbocycles. The molecule has 2 atom stereocenters. The third kappa shape index (κ3) is 3.27. The highest BCUT2D eigenvalue weighted by Crippen LogP contribution is 2.51. The average Bonchev–Trinajstić information content (AvgIpc) is 3.04. The van der Waals surface area contributed by atoms with Crippen LogP contribution in [0.15, 0.2) is 36.4 Å². The molecule has 0 spiro atoms. The Hall–Kier alpha value is -2.89. The molecule has 6 heteroatoms. The standard InChI is InChI=1S/C20H22O6/c1-12(21)25-11-15-14-6-5-7-17(23-3)20(14)26-19(15)13-8-9-16(22-2)18(10-13)24-4/h5-10,15,19H,11H2,1-4H3/t15-,19-/m0/s1. The number of para-hydroxylation sites is 1. The molecule has 2 aromatic rings. The van der Waals surface area contributed by atoms with Crippen molar-refractivity contribution in [2.45, 2.75) is 18.9 Å². The van der Waals surface area contributed by atoms with Crippen LogP contribution in [0.25, 0.3) is 0 Å². The van der Waals surface area contributed by atoms with Crippen LogP contribution < -0.4 is 18.9 Å². The minimum absolute atomic E-state index is 0.151. The Bertz CT molecular complexity index is 801. The molecule has 1 aliphatic rings. The fourth-order valence-electron chi connectivity index (χ4n) is 3.20. The van der Waals surface area contributed by atoms with Gasteiger partial charge in [0.1, 0.15) is 12.7 Å². The van der Waals surface area contributed by atoms with E-state index in [0.717, 1.165) is 11.1 Å². The number of ether oxygens (including phenoxy) is 5. The number of hydrogen-bond acceptors (Lipinski definition) is 6. The van der Waals surface area contributed by atoms with Crippen molar-refractivity contribution in [1.29, 1.82) is 0 Å². The number of hydrogen-bond donors (Lipinski definition) is 0. The van der Waals surface area contributed by atoms with Gasteiger partial charge in [-0.2, -0.15) is 0 Å². The van der Waals surface area contributed by atoms with Gasteiger partial charge in [-0.15, -0.1) is 0 Å². The van der Waals surface area contributed by atoms with Crippen molar-refractivity contribution >= 4 is 5.97 Å². The van der Waals surface area contributed by atoms with Gasteiger partial charge < -0.3 is 23.7 Å². The first-order valence-electron chi connectivity index (χ1n) is 8.27. The van der Waals surface area contributed by atoms with Crippen LogP contribution in [0.3, 0.4) is 0 Å². The van der Waals surface area contributed by atoms with Crippen LogP contribution in [0.5, 0.6) is 23.0 Å². The van der Waals surface area contributed by atoms with Crippen LogP contribution in [0.4, 0.5) is 0 Å². The highest BCUT2D eigenvalue weighted by Gasteiger charge is 2.38. The Morgan fingerprint density at radius 1 is 1.00 bits per heavy atom. The molecule has 138 valence electrons. The molecule has 6 nitrogen and oxygen atoms in total. The average molecular weight is 358 g/mol. The molecule has 0 amide bonds. The van der Waals surface area contributed by atoms with Crippen molar-refractivity contribution in [2.75, 3.05) is 27.9 Å². The van der Waals surface area contributed by atoms with Crippen LogP contribution >= 0.6 is 0 Å². The summed E-state index contributed by atoms with van der Waals surface area (Å²) >= 11 is 0. The van der Waals surface area contributed by atoms with E-state index in [1.807, 2.05) is 36.4 Å². The topological polar surface area (TPSA) is 63.2 Å². The van der Waals surface area contributed by atoms with Crippen molar-refractivity contribution in [3.8, 4) is 23.0 Å². The predicted molar refractivity (Wildman–Crippen MR) is 95.3 cm³/mol. The second kappa shape index (κ2) is 7.56. The zero-order chi connectivity index (χ0) is 18.7. The zero-order valence-electron chi connectivity index (χ0n) is 15.3. The molecule has 0 fully saturated rings. The van der Waals surface area contributed by atoms with E-state index in [2.05, 4.69) is 0 Å². The number of carbonyl (C=O) groups is 1. The molecule has 26 heavy (non-hydrogen) atoms. The molecular formula is C20H22O6. The number of rotatable bonds is 6.